The number of carboxylic acids is 1. The number of fused-ring (bicyclic) bond motifs is 1. The molecule has 6 nitrogen and oxygen atoms in total. The Balaban J connectivity index is 1.53. The summed E-state index contributed by atoms with van der Waals surface area (Å²) in [5.74, 6) is -1.10. The summed E-state index contributed by atoms with van der Waals surface area (Å²) in [7, 11) is 0. The molecule has 7 heteroatoms. The van der Waals surface area contributed by atoms with Crippen LogP contribution in [0.4, 0.5) is 14.9 Å². The number of carbonyl (C=O) groups excluding carboxylic acids is 1. The molecule has 3 rings (SSSR count). The lowest BCUT2D eigenvalue weighted by atomic mass is 9.85. The van der Waals surface area contributed by atoms with Gasteiger partial charge < -0.3 is 10.4 Å². The van der Waals surface area contributed by atoms with E-state index in [9.17, 15) is 14.0 Å². The van der Waals surface area contributed by atoms with Gasteiger partial charge in [-0.25, -0.2) is 9.18 Å². The van der Waals surface area contributed by atoms with Crippen molar-refractivity contribution in [3.63, 3.8) is 0 Å². The van der Waals surface area contributed by atoms with Crippen molar-refractivity contribution in [3.05, 3.63) is 29.6 Å². The third-order valence-corrected chi connectivity index (χ3v) is 4.92. The molecule has 1 fully saturated rings. The minimum Gasteiger partial charge on any atom is -0.480 e. The fraction of sp³-hybridized carbons (Fsp3) is 0.529. The smallest absolute Gasteiger partial charge is 0.322 e. The molecule has 2 N–H and O–H groups in total. The van der Waals surface area contributed by atoms with Gasteiger partial charge in [-0.15, -0.1) is 0 Å². The van der Waals surface area contributed by atoms with Crippen LogP contribution in [-0.4, -0.2) is 53.7 Å². The highest BCUT2D eigenvalue weighted by Gasteiger charge is 2.36. The summed E-state index contributed by atoms with van der Waals surface area (Å²) >= 11 is 0. The highest BCUT2D eigenvalue weighted by Crippen LogP contribution is 2.31. The van der Waals surface area contributed by atoms with Crippen LogP contribution in [0, 0.1) is 5.82 Å². The molecule has 1 aliphatic heterocycles. The van der Waals surface area contributed by atoms with Crippen LogP contribution in [0.15, 0.2) is 18.2 Å². The molecule has 2 aliphatic rings. The number of hydrogen-bond acceptors (Lipinski definition) is 3. The number of rotatable bonds is 5. The molecule has 0 bridgehead atoms. The van der Waals surface area contributed by atoms with Crippen molar-refractivity contribution in [1.29, 1.82) is 0 Å². The van der Waals surface area contributed by atoms with Crippen molar-refractivity contribution in [2.45, 2.75) is 38.3 Å². The topological polar surface area (TPSA) is 72.9 Å². The third kappa shape index (κ3) is 3.21. The maximum absolute atomic E-state index is 13.7. The standard InChI is InChI=1S/C17H22FN3O3/c1-2-20(10-16(22)23)12-8-11(9-12)19-17(24)21-7-6-13-14(18)4-3-5-15(13)21/h3-5,11-12H,2,6-10H2,1H3,(H,19,24)(H,22,23). The Labute approximate surface area is 140 Å². The molecule has 0 atom stereocenters. The number of nitrogens with one attached hydrogen (secondary N) is 1. The van der Waals surface area contributed by atoms with E-state index in [0.29, 0.717) is 30.8 Å². The molecule has 1 saturated carbocycles. The minimum atomic E-state index is -0.833. The first-order chi connectivity index (χ1) is 11.5. The molecule has 2 amide bonds. The molecule has 0 radical (unpaired) electrons. The Morgan fingerprint density at radius 3 is 2.83 bits per heavy atom. The van der Waals surface area contributed by atoms with E-state index in [1.54, 1.807) is 17.0 Å². The Hall–Kier alpha value is -2.15. The maximum atomic E-state index is 13.7. The number of nitrogens with zero attached hydrogens (tertiary/aromatic N) is 2. The van der Waals surface area contributed by atoms with E-state index in [4.69, 9.17) is 5.11 Å². The van der Waals surface area contributed by atoms with E-state index in [-0.39, 0.29) is 30.5 Å². The van der Waals surface area contributed by atoms with Gasteiger partial charge in [0.15, 0.2) is 0 Å². The van der Waals surface area contributed by atoms with Crippen molar-refractivity contribution in [1.82, 2.24) is 10.2 Å². The number of carboxylic acid groups (broad SMARTS) is 1. The van der Waals surface area contributed by atoms with Crippen LogP contribution < -0.4 is 10.2 Å². The first-order valence-electron chi connectivity index (χ1n) is 8.30. The van der Waals surface area contributed by atoms with Crippen molar-refractivity contribution >= 4 is 17.7 Å². The van der Waals surface area contributed by atoms with Gasteiger partial charge in [0.1, 0.15) is 5.82 Å². The summed E-state index contributed by atoms with van der Waals surface area (Å²) in [5.41, 5.74) is 1.24. The van der Waals surface area contributed by atoms with Gasteiger partial charge >= 0.3 is 12.0 Å². The number of benzene rings is 1. The lowest BCUT2D eigenvalue weighted by Crippen LogP contribution is -2.56. The van der Waals surface area contributed by atoms with Gasteiger partial charge in [0.25, 0.3) is 0 Å². The van der Waals surface area contributed by atoms with E-state index in [1.807, 2.05) is 11.8 Å². The average Bonchev–Trinajstić information content (AvgIpc) is 2.93. The summed E-state index contributed by atoms with van der Waals surface area (Å²) in [6.45, 7) is 3.12. The SMILES string of the molecule is CCN(CC(=O)O)C1CC(NC(=O)N2CCc3c(F)cccc32)C1. The van der Waals surface area contributed by atoms with Gasteiger partial charge in [0.2, 0.25) is 0 Å². The number of amides is 2. The molecule has 0 saturated heterocycles. The zero-order valence-electron chi connectivity index (χ0n) is 13.7. The first kappa shape index (κ1) is 16.7. The number of carbonyl (C=O) groups is 2. The van der Waals surface area contributed by atoms with Gasteiger partial charge in [-0.1, -0.05) is 13.0 Å². The Bertz CT molecular complexity index is 646. The Kier molecular flexibility index (Phi) is 4.71. The van der Waals surface area contributed by atoms with Crippen molar-refractivity contribution in [2.24, 2.45) is 0 Å². The zero-order chi connectivity index (χ0) is 17.3. The average molecular weight is 335 g/mol. The number of likely N-dealkylation sites (N-methyl/N-ethyl adjacent to an activating group) is 1. The third-order valence-electron chi connectivity index (χ3n) is 4.92. The van der Waals surface area contributed by atoms with E-state index >= 15 is 0 Å². The predicted octanol–water partition coefficient (Wildman–Crippen LogP) is 1.84. The molecule has 1 aromatic carbocycles. The Morgan fingerprint density at radius 1 is 1.42 bits per heavy atom. The number of aliphatic carboxylic acids is 1. The second-order valence-corrected chi connectivity index (χ2v) is 6.37. The van der Waals surface area contributed by atoms with Crippen molar-refractivity contribution < 1.29 is 19.1 Å². The zero-order valence-corrected chi connectivity index (χ0v) is 13.7. The van der Waals surface area contributed by atoms with Gasteiger partial charge in [-0.3, -0.25) is 14.6 Å². The second-order valence-electron chi connectivity index (χ2n) is 6.37. The molecule has 0 spiro atoms. The van der Waals surface area contributed by atoms with Crippen LogP contribution in [0.1, 0.15) is 25.3 Å². The number of hydrogen-bond donors (Lipinski definition) is 2. The molecule has 1 aromatic rings. The molecule has 130 valence electrons. The van der Waals surface area contributed by atoms with Gasteiger partial charge in [-0.05, 0) is 37.9 Å². The molecule has 0 aromatic heterocycles. The van der Waals surface area contributed by atoms with E-state index in [1.165, 1.54) is 6.07 Å². The highest BCUT2D eigenvalue weighted by atomic mass is 19.1. The minimum absolute atomic E-state index is 0.0284. The molecule has 1 aliphatic carbocycles. The van der Waals surface area contributed by atoms with Crippen molar-refractivity contribution in [3.8, 4) is 0 Å². The Morgan fingerprint density at radius 2 is 2.17 bits per heavy atom. The summed E-state index contributed by atoms with van der Waals surface area (Å²) in [5, 5.41) is 11.9. The van der Waals surface area contributed by atoms with E-state index < -0.39 is 5.97 Å². The first-order valence-corrected chi connectivity index (χ1v) is 8.30. The van der Waals surface area contributed by atoms with Gasteiger partial charge in [0.05, 0.1) is 12.2 Å². The fourth-order valence-electron chi connectivity index (χ4n) is 3.53. The lowest BCUT2D eigenvalue weighted by Gasteiger charge is -2.42. The predicted molar refractivity (Wildman–Crippen MR) is 87.7 cm³/mol. The summed E-state index contributed by atoms with van der Waals surface area (Å²) in [4.78, 5) is 26.8. The van der Waals surface area contributed by atoms with Gasteiger partial charge in [0, 0.05) is 24.2 Å². The number of anilines is 1. The quantitative estimate of drug-likeness (QED) is 0.861. The maximum Gasteiger partial charge on any atom is 0.322 e. The highest BCUT2D eigenvalue weighted by molar-refractivity contribution is 5.94. The van der Waals surface area contributed by atoms with E-state index in [0.717, 1.165) is 12.8 Å². The molecule has 0 unspecified atom stereocenters. The lowest BCUT2D eigenvalue weighted by molar-refractivity contribution is -0.139. The van der Waals surface area contributed by atoms with Crippen molar-refractivity contribution in [2.75, 3.05) is 24.5 Å². The second kappa shape index (κ2) is 6.76. The monoisotopic (exact) mass is 335 g/mol. The van der Waals surface area contributed by atoms with E-state index in [2.05, 4.69) is 5.32 Å². The number of halogens is 1. The summed E-state index contributed by atoms with van der Waals surface area (Å²) in [6, 6.07) is 4.83. The molecule has 1 heterocycles. The van der Waals surface area contributed by atoms with Crippen LogP contribution in [-0.2, 0) is 11.2 Å². The van der Waals surface area contributed by atoms with Crippen LogP contribution >= 0.6 is 0 Å². The normalized spacial score (nSPS) is 22.2. The largest absolute Gasteiger partial charge is 0.480 e. The molecule has 24 heavy (non-hydrogen) atoms. The summed E-state index contributed by atoms with van der Waals surface area (Å²) < 4.78 is 13.7. The fourth-order valence-corrected chi connectivity index (χ4v) is 3.53. The molecular weight excluding hydrogens is 313 g/mol. The number of urea groups is 1. The van der Waals surface area contributed by atoms with Gasteiger partial charge in [-0.2, -0.15) is 0 Å². The van der Waals surface area contributed by atoms with Crippen LogP contribution in [0.2, 0.25) is 0 Å². The van der Waals surface area contributed by atoms with Crippen LogP contribution in [0.5, 0.6) is 0 Å². The van der Waals surface area contributed by atoms with Crippen LogP contribution in [0.3, 0.4) is 0 Å². The van der Waals surface area contributed by atoms with Crippen LogP contribution in [0.25, 0.3) is 0 Å². The molecular formula is C17H22FN3O3. The summed E-state index contributed by atoms with van der Waals surface area (Å²) in [6.07, 6.45) is 2.03.